The number of rotatable bonds is 2. The zero-order valence-corrected chi connectivity index (χ0v) is 10.0. The lowest BCUT2D eigenvalue weighted by molar-refractivity contribution is 0.0545. The summed E-state index contributed by atoms with van der Waals surface area (Å²) in [5.74, 6) is 0.506. The molecule has 82 valence electrons. The Morgan fingerprint density at radius 1 is 1.40 bits per heavy atom. The molecule has 0 atom stereocenters. The smallest absolute Gasteiger partial charge is 0.167 e. The molecule has 1 saturated heterocycles. The van der Waals surface area contributed by atoms with Gasteiger partial charge in [0, 0.05) is 34.4 Å². The van der Waals surface area contributed by atoms with Gasteiger partial charge in [-0.15, -0.1) is 11.3 Å². The van der Waals surface area contributed by atoms with E-state index in [4.69, 9.17) is 4.74 Å². The van der Waals surface area contributed by atoms with Gasteiger partial charge in [-0.05, 0) is 32.8 Å². The molecular weight excluding hydrogens is 208 g/mol. The minimum atomic E-state index is 0.187. The highest BCUT2D eigenvalue weighted by Gasteiger charge is 2.24. The third-order valence-electron chi connectivity index (χ3n) is 2.90. The fourth-order valence-corrected chi connectivity index (χ4v) is 2.98. The first kappa shape index (κ1) is 10.8. The standard InChI is InChI=1S/C12H16O2S/c1-8-7-11(9(2)15-8)12(13)10-3-5-14-6-4-10/h7,10H,3-6H2,1-2H3. The monoisotopic (exact) mass is 224 g/mol. The van der Waals surface area contributed by atoms with Crippen LogP contribution >= 0.6 is 11.3 Å². The van der Waals surface area contributed by atoms with Gasteiger partial charge in [-0.1, -0.05) is 0 Å². The summed E-state index contributed by atoms with van der Waals surface area (Å²) in [5, 5.41) is 0. The van der Waals surface area contributed by atoms with Crippen molar-refractivity contribution in [3.8, 4) is 0 Å². The number of carbonyl (C=O) groups excluding carboxylic acids is 1. The van der Waals surface area contributed by atoms with Gasteiger partial charge in [0.05, 0.1) is 0 Å². The predicted molar refractivity (Wildman–Crippen MR) is 61.7 cm³/mol. The maximum absolute atomic E-state index is 12.2. The second kappa shape index (κ2) is 4.45. The second-order valence-electron chi connectivity index (χ2n) is 4.08. The van der Waals surface area contributed by atoms with E-state index in [1.165, 1.54) is 4.88 Å². The molecule has 0 amide bonds. The van der Waals surface area contributed by atoms with Crippen molar-refractivity contribution in [2.75, 3.05) is 13.2 Å². The van der Waals surface area contributed by atoms with Crippen LogP contribution in [-0.2, 0) is 4.74 Å². The van der Waals surface area contributed by atoms with E-state index >= 15 is 0 Å². The zero-order chi connectivity index (χ0) is 10.8. The fraction of sp³-hybridized carbons (Fsp3) is 0.583. The van der Waals surface area contributed by atoms with E-state index in [-0.39, 0.29) is 5.92 Å². The van der Waals surface area contributed by atoms with Crippen molar-refractivity contribution in [1.82, 2.24) is 0 Å². The lowest BCUT2D eigenvalue weighted by atomic mass is 9.91. The fourth-order valence-electron chi connectivity index (χ4n) is 2.06. The summed E-state index contributed by atoms with van der Waals surface area (Å²) < 4.78 is 5.27. The van der Waals surface area contributed by atoms with Crippen LogP contribution in [0.4, 0.5) is 0 Å². The normalized spacial score (nSPS) is 18.0. The molecule has 1 aliphatic heterocycles. The molecule has 15 heavy (non-hydrogen) atoms. The van der Waals surface area contributed by atoms with Crippen LogP contribution in [0.3, 0.4) is 0 Å². The summed E-state index contributed by atoms with van der Waals surface area (Å²) >= 11 is 1.71. The molecule has 1 fully saturated rings. The van der Waals surface area contributed by atoms with E-state index in [1.54, 1.807) is 11.3 Å². The van der Waals surface area contributed by atoms with Crippen LogP contribution in [0.15, 0.2) is 6.07 Å². The van der Waals surface area contributed by atoms with E-state index in [0.29, 0.717) is 5.78 Å². The maximum Gasteiger partial charge on any atom is 0.167 e. The molecule has 1 aromatic heterocycles. The highest BCUT2D eigenvalue weighted by Crippen LogP contribution is 2.26. The van der Waals surface area contributed by atoms with E-state index in [2.05, 4.69) is 6.92 Å². The highest BCUT2D eigenvalue weighted by atomic mass is 32.1. The van der Waals surface area contributed by atoms with Crippen molar-refractivity contribution in [3.63, 3.8) is 0 Å². The molecule has 3 heteroatoms. The molecule has 2 rings (SSSR count). The van der Waals surface area contributed by atoms with E-state index in [9.17, 15) is 4.79 Å². The molecule has 0 aromatic carbocycles. The lowest BCUT2D eigenvalue weighted by Crippen LogP contribution is -2.23. The largest absolute Gasteiger partial charge is 0.381 e. The van der Waals surface area contributed by atoms with Crippen molar-refractivity contribution in [1.29, 1.82) is 0 Å². The van der Waals surface area contributed by atoms with Crippen LogP contribution in [0.1, 0.15) is 33.0 Å². The van der Waals surface area contributed by atoms with Crippen molar-refractivity contribution in [2.24, 2.45) is 5.92 Å². The van der Waals surface area contributed by atoms with Gasteiger partial charge in [-0.3, -0.25) is 4.79 Å². The molecule has 2 heterocycles. The number of hydrogen-bond acceptors (Lipinski definition) is 3. The average Bonchev–Trinajstić information content (AvgIpc) is 2.58. The molecule has 0 aliphatic carbocycles. The summed E-state index contributed by atoms with van der Waals surface area (Å²) in [7, 11) is 0. The minimum absolute atomic E-state index is 0.187. The van der Waals surface area contributed by atoms with Crippen molar-refractivity contribution < 1.29 is 9.53 Å². The van der Waals surface area contributed by atoms with Crippen LogP contribution in [-0.4, -0.2) is 19.0 Å². The van der Waals surface area contributed by atoms with Gasteiger partial charge in [-0.2, -0.15) is 0 Å². The molecule has 0 bridgehead atoms. The summed E-state index contributed by atoms with van der Waals surface area (Å²) in [4.78, 5) is 14.6. The Balaban J connectivity index is 2.16. The first-order valence-corrected chi connectivity index (χ1v) is 6.19. The summed E-state index contributed by atoms with van der Waals surface area (Å²) in [6, 6.07) is 2.03. The van der Waals surface area contributed by atoms with E-state index < -0.39 is 0 Å². The summed E-state index contributed by atoms with van der Waals surface area (Å²) in [5.41, 5.74) is 0.935. The second-order valence-corrected chi connectivity index (χ2v) is 5.54. The molecule has 0 N–H and O–H groups in total. The zero-order valence-electron chi connectivity index (χ0n) is 9.21. The van der Waals surface area contributed by atoms with Crippen LogP contribution < -0.4 is 0 Å². The van der Waals surface area contributed by atoms with Crippen LogP contribution in [0.5, 0.6) is 0 Å². The summed E-state index contributed by atoms with van der Waals surface area (Å²) in [6.45, 7) is 5.56. The molecule has 1 aromatic rings. The molecular formula is C12H16O2S. The molecule has 0 radical (unpaired) electrons. The third-order valence-corrected chi connectivity index (χ3v) is 3.86. The first-order chi connectivity index (χ1) is 7.18. The quantitative estimate of drug-likeness (QED) is 0.722. The number of carbonyl (C=O) groups is 1. The van der Waals surface area contributed by atoms with Crippen LogP contribution in [0.2, 0.25) is 0 Å². The molecule has 0 saturated carbocycles. The van der Waals surface area contributed by atoms with Gasteiger partial charge < -0.3 is 4.74 Å². The van der Waals surface area contributed by atoms with Gasteiger partial charge in [0.1, 0.15) is 0 Å². The number of thiophene rings is 1. The Kier molecular flexibility index (Phi) is 3.22. The number of ketones is 1. The van der Waals surface area contributed by atoms with Gasteiger partial charge in [-0.25, -0.2) is 0 Å². The van der Waals surface area contributed by atoms with Gasteiger partial charge in [0.15, 0.2) is 5.78 Å². The van der Waals surface area contributed by atoms with Crippen LogP contribution in [0.25, 0.3) is 0 Å². The Hall–Kier alpha value is -0.670. The Morgan fingerprint density at radius 3 is 2.60 bits per heavy atom. The average molecular weight is 224 g/mol. The highest BCUT2D eigenvalue weighted by molar-refractivity contribution is 7.12. The van der Waals surface area contributed by atoms with Gasteiger partial charge >= 0.3 is 0 Å². The third kappa shape index (κ3) is 2.29. The number of aryl methyl sites for hydroxylation is 2. The molecule has 0 unspecified atom stereocenters. The first-order valence-electron chi connectivity index (χ1n) is 5.37. The lowest BCUT2D eigenvalue weighted by Gasteiger charge is -2.20. The van der Waals surface area contributed by atoms with Crippen molar-refractivity contribution in [2.45, 2.75) is 26.7 Å². The predicted octanol–water partition coefficient (Wildman–Crippen LogP) is 2.97. The number of ether oxygens (including phenoxy) is 1. The summed E-state index contributed by atoms with van der Waals surface area (Å²) in [6.07, 6.45) is 1.76. The topological polar surface area (TPSA) is 26.3 Å². The van der Waals surface area contributed by atoms with E-state index in [1.807, 2.05) is 13.0 Å². The van der Waals surface area contributed by atoms with Gasteiger partial charge in [0.25, 0.3) is 0 Å². The molecule has 2 nitrogen and oxygen atoms in total. The maximum atomic E-state index is 12.2. The van der Waals surface area contributed by atoms with E-state index in [0.717, 1.165) is 36.5 Å². The Bertz CT molecular complexity index is 362. The SMILES string of the molecule is Cc1cc(C(=O)C2CCOCC2)c(C)s1. The van der Waals surface area contributed by atoms with Crippen molar-refractivity contribution >= 4 is 17.1 Å². The van der Waals surface area contributed by atoms with Gasteiger partial charge in [0.2, 0.25) is 0 Å². The Morgan fingerprint density at radius 2 is 2.07 bits per heavy atom. The van der Waals surface area contributed by atoms with Crippen molar-refractivity contribution in [3.05, 3.63) is 21.4 Å². The number of hydrogen-bond donors (Lipinski definition) is 0. The van der Waals surface area contributed by atoms with Crippen LogP contribution in [0, 0.1) is 19.8 Å². The molecule has 0 spiro atoms. The minimum Gasteiger partial charge on any atom is -0.381 e. The number of Topliss-reactive ketones (excluding diaryl/α,β-unsaturated/α-hetero) is 1. The molecule has 1 aliphatic rings. The Labute approximate surface area is 94.3 Å².